The zero-order valence-electron chi connectivity index (χ0n) is 10.1. The lowest BCUT2D eigenvalue weighted by atomic mass is 10.2. The molecule has 1 aromatic carbocycles. The zero-order valence-corrected chi connectivity index (χ0v) is 11.7. The number of hydrogen-bond acceptors (Lipinski definition) is 4. The van der Waals surface area contributed by atoms with Crippen molar-refractivity contribution in [3.05, 3.63) is 40.1 Å². The van der Waals surface area contributed by atoms with Crippen LogP contribution in [0.1, 0.15) is 16.1 Å². The molecule has 0 radical (unpaired) electrons. The van der Waals surface area contributed by atoms with E-state index in [1.54, 1.807) is 0 Å². The van der Waals surface area contributed by atoms with Crippen molar-refractivity contribution >= 4 is 21.9 Å². The number of carboxylic acids is 1. The van der Waals surface area contributed by atoms with Crippen LogP contribution in [0, 0.1) is 0 Å². The molecule has 1 aromatic heterocycles. The van der Waals surface area contributed by atoms with Crippen molar-refractivity contribution in [2.24, 2.45) is 0 Å². The summed E-state index contributed by atoms with van der Waals surface area (Å²) >= 11 is 2.96. The summed E-state index contributed by atoms with van der Waals surface area (Å²) in [6, 6.07) is 5.02. The highest BCUT2D eigenvalue weighted by molar-refractivity contribution is 9.10. The Balaban J connectivity index is 2.16. The van der Waals surface area contributed by atoms with Crippen molar-refractivity contribution in [2.45, 2.75) is 12.9 Å². The summed E-state index contributed by atoms with van der Waals surface area (Å²) in [6.07, 6.45) is -4.76. The molecule has 0 bridgehead atoms. The normalized spacial score (nSPS) is 11.4. The number of benzene rings is 1. The molecule has 0 aliphatic heterocycles. The van der Waals surface area contributed by atoms with E-state index < -0.39 is 12.3 Å². The first-order valence-electron chi connectivity index (χ1n) is 5.43. The second kappa shape index (κ2) is 5.72. The minimum absolute atomic E-state index is 0.0481. The van der Waals surface area contributed by atoms with Gasteiger partial charge in [-0.05, 0) is 33.6 Å². The molecular weight excluding hydrogens is 359 g/mol. The van der Waals surface area contributed by atoms with Gasteiger partial charge in [-0.3, -0.25) is 0 Å². The van der Waals surface area contributed by atoms with Crippen LogP contribution in [0.4, 0.5) is 13.2 Å². The maximum absolute atomic E-state index is 12.0. The van der Waals surface area contributed by atoms with Crippen molar-refractivity contribution in [2.75, 3.05) is 0 Å². The fourth-order valence-electron chi connectivity index (χ4n) is 1.57. The Bertz CT molecular complexity index is 655. The Morgan fingerprint density at radius 2 is 1.95 bits per heavy atom. The Kier molecular flexibility index (Phi) is 4.16. The molecule has 0 saturated carbocycles. The first-order chi connectivity index (χ1) is 9.76. The van der Waals surface area contributed by atoms with Gasteiger partial charge >= 0.3 is 12.3 Å². The van der Waals surface area contributed by atoms with Crippen molar-refractivity contribution in [1.82, 2.24) is 15.0 Å². The molecule has 0 atom stereocenters. The largest absolute Gasteiger partial charge is 0.573 e. The third-order valence-electron chi connectivity index (χ3n) is 2.39. The molecule has 0 aliphatic carbocycles. The summed E-state index contributed by atoms with van der Waals surface area (Å²) in [5.74, 6) is -1.58. The molecule has 0 amide bonds. The highest BCUT2D eigenvalue weighted by Gasteiger charge is 2.31. The van der Waals surface area contributed by atoms with E-state index in [1.165, 1.54) is 12.1 Å². The third kappa shape index (κ3) is 3.94. The molecule has 1 heterocycles. The molecule has 1 N–H and O–H groups in total. The van der Waals surface area contributed by atoms with Gasteiger partial charge in [-0.1, -0.05) is 17.3 Å². The van der Waals surface area contributed by atoms with E-state index in [4.69, 9.17) is 5.11 Å². The number of nitrogens with zero attached hydrogens (tertiary/aromatic N) is 3. The maximum atomic E-state index is 12.0. The van der Waals surface area contributed by atoms with Crippen LogP contribution in [-0.2, 0) is 6.54 Å². The van der Waals surface area contributed by atoms with Gasteiger partial charge in [-0.15, -0.1) is 18.3 Å². The number of carbonyl (C=O) groups is 1. The van der Waals surface area contributed by atoms with Crippen LogP contribution in [0.5, 0.6) is 5.75 Å². The Hall–Kier alpha value is -2.10. The van der Waals surface area contributed by atoms with E-state index in [1.807, 2.05) is 0 Å². The first kappa shape index (κ1) is 15.3. The average molecular weight is 366 g/mol. The molecule has 0 aliphatic rings. The van der Waals surface area contributed by atoms with Crippen molar-refractivity contribution < 1.29 is 27.8 Å². The van der Waals surface area contributed by atoms with Crippen LogP contribution >= 0.6 is 15.9 Å². The third-order valence-corrected chi connectivity index (χ3v) is 2.92. The summed E-state index contributed by atoms with van der Waals surface area (Å²) in [4.78, 5) is 11.0. The highest BCUT2D eigenvalue weighted by atomic mass is 79.9. The van der Waals surface area contributed by atoms with Gasteiger partial charge in [0.05, 0.1) is 6.54 Å². The molecule has 6 nitrogen and oxygen atoms in total. The summed E-state index contributed by atoms with van der Waals surface area (Å²) in [6.45, 7) is 0.0481. The number of aromatic nitrogens is 3. The van der Waals surface area contributed by atoms with Crippen LogP contribution in [0.25, 0.3) is 0 Å². The van der Waals surface area contributed by atoms with E-state index >= 15 is 0 Å². The first-order valence-corrected chi connectivity index (χ1v) is 6.22. The van der Waals surface area contributed by atoms with E-state index in [0.29, 0.717) is 5.56 Å². The lowest BCUT2D eigenvalue weighted by molar-refractivity contribution is -0.274. The van der Waals surface area contributed by atoms with Gasteiger partial charge in [0.2, 0.25) is 0 Å². The number of alkyl halides is 3. The van der Waals surface area contributed by atoms with E-state index in [0.717, 1.165) is 16.8 Å². The number of halogens is 4. The quantitative estimate of drug-likeness (QED) is 0.901. The van der Waals surface area contributed by atoms with E-state index in [9.17, 15) is 18.0 Å². The second-order valence-corrected chi connectivity index (χ2v) is 4.63. The molecule has 21 heavy (non-hydrogen) atoms. The monoisotopic (exact) mass is 365 g/mol. The molecule has 0 unspecified atom stereocenters. The summed E-state index contributed by atoms with van der Waals surface area (Å²) < 4.78 is 41.0. The zero-order chi connectivity index (χ0) is 15.6. The van der Waals surface area contributed by atoms with E-state index in [-0.39, 0.29) is 22.6 Å². The topological polar surface area (TPSA) is 77.2 Å². The lowest BCUT2D eigenvalue weighted by Crippen LogP contribution is -2.17. The minimum Gasteiger partial charge on any atom is -0.476 e. The molecule has 0 spiro atoms. The van der Waals surface area contributed by atoms with Crippen molar-refractivity contribution in [3.8, 4) is 5.75 Å². The van der Waals surface area contributed by atoms with Crippen LogP contribution in [0.3, 0.4) is 0 Å². The fourth-order valence-corrected chi connectivity index (χ4v) is 2.02. The molecule has 0 saturated heterocycles. The number of hydrogen-bond donors (Lipinski definition) is 1. The number of aromatic carboxylic acids is 1. The Morgan fingerprint density at radius 3 is 2.48 bits per heavy atom. The molecule has 10 heteroatoms. The molecule has 112 valence electrons. The highest BCUT2D eigenvalue weighted by Crippen LogP contribution is 2.23. The van der Waals surface area contributed by atoms with Gasteiger partial charge in [0.25, 0.3) is 0 Å². The number of rotatable bonds is 4. The Morgan fingerprint density at radius 1 is 1.33 bits per heavy atom. The van der Waals surface area contributed by atoms with Gasteiger partial charge < -0.3 is 9.84 Å². The van der Waals surface area contributed by atoms with Gasteiger partial charge in [0, 0.05) is 0 Å². The number of carboxylic acid groups (broad SMARTS) is 1. The molecule has 0 fully saturated rings. The standard InChI is InChI=1S/C11H7BrF3N3O3/c12-9-8(10(19)20)18(17-16-9)5-6-1-3-7(4-2-6)21-11(13,14)15/h1-4H,5H2,(H,19,20). The smallest absolute Gasteiger partial charge is 0.476 e. The molecule has 2 rings (SSSR count). The predicted octanol–water partition coefficient (Wildman–Crippen LogP) is 2.69. The summed E-state index contributed by atoms with van der Waals surface area (Å²) in [7, 11) is 0. The predicted molar refractivity (Wildman–Crippen MR) is 66.9 cm³/mol. The minimum atomic E-state index is -4.76. The maximum Gasteiger partial charge on any atom is 0.573 e. The lowest BCUT2D eigenvalue weighted by Gasteiger charge is -2.09. The summed E-state index contributed by atoms with van der Waals surface area (Å²) in [5, 5.41) is 16.2. The second-order valence-electron chi connectivity index (χ2n) is 3.88. The Labute approximate surface area is 124 Å². The van der Waals surface area contributed by atoms with E-state index in [2.05, 4.69) is 31.0 Å². The van der Waals surface area contributed by atoms with Crippen LogP contribution in [-0.4, -0.2) is 32.4 Å². The SMILES string of the molecule is O=C(O)c1c(Br)nnn1Cc1ccc(OC(F)(F)F)cc1. The van der Waals surface area contributed by atoms with Gasteiger partial charge in [0.15, 0.2) is 10.3 Å². The van der Waals surface area contributed by atoms with Crippen molar-refractivity contribution in [1.29, 1.82) is 0 Å². The van der Waals surface area contributed by atoms with Gasteiger partial charge in [-0.25, -0.2) is 9.48 Å². The molecular formula is C11H7BrF3N3O3. The molecule has 2 aromatic rings. The fraction of sp³-hybridized carbons (Fsp3) is 0.182. The van der Waals surface area contributed by atoms with Crippen LogP contribution < -0.4 is 4.74 Å². The van der Waals surface area contributed by atoms with Crippen LogP contribution in [0.15, 0.2) is 28.9 Å². The number of ether oxygens (including phenoxy) is 1. The van der Waals surface area contributed by atoms with Gasteiger partial charge in [0.1, 0.15) is 5.75 Å². The van der Waals surface area contributed by atoms with Gasteiger partial charge in [-0.2, -0.15) is 0 Å². The summed E-state index contributed by atoms with van der Waals surface area (Å²) in [5.41, 5.74) is 0.398. The average Bonchev–Trinajstić information content (AvgIpc) is 2.71. The van der Waals surface area contributed by atoms with Crippen molar-refractivity contribution in [3.63, 3.8) is 0 Å². The van der Waals surface area contributed by atoms with Crippen LogP contribution in [0.2, 0.25) is 0 Å².